The zero-order chi connectivity index (χ0) is 17.1. The molecule has 24 heavy (non-hydrogen) atoms. The van der Waals surface area contributed by atoms with Gasteiger partial charge in [-0.25, -0.2) is 4.79 Å². The predicted molar refractivity (Wildman–Crippen MR) is 94.5 cm³/mol. The van der Waals surface area contributed by atoms with Crippen molar-refractivity contribution in [3.05, 3.63) is 89.5 Å². The number of hydrogen-bond acceptors (Lipinski definition) is 2. The topological polar surface area (TPSA) is 57.5 Å². The summed E-state index contributed by atoms with van der Waals surface area (Å²) in [7, 11) is 0. The Balaban J connectivity index is 2.17. The number of carbonyl (C=O) groups is 1. The number of phenols is 1. The van der Waals surface area contributed by atoms with E-state index >= 15 is 0 Å². The molecule has 0 heterocycles. The van der Waals surface area contributed by atoms with E-state index in [1.807, 2.05) is 73.7 Å². The van der Waals surface area contributed by atoms with Crippen LogP contribution in [0.1, 0.15) is 34.3 Å². The molecule has 0 bridgehead atoms. The Hall–Kier alpha value is -3.07. The van der Waals surface area contributed by atoms with Crippen molar-refractivity contribution in [1.29, 1.82) is 0 Å². The number of carboxylic acids is 1. The zero-order valence-electron chi connectivity index (χ0n) is 13.3. The van der Waals surface area contributed by atoms with Gasteiger partial charge in [0.2, 0.25) is 0 Å². The van der Waals surface area contributed by atoms with Crippen molar-refractivity contribution in [2.75, 3.05) is 0 Å². The summed E-state index contributed by atoms with van der Waals surface area (Å²) < 4.78 is 0. The van der Waals surface area contributed by atoms with Crippen LogP contribution in [0.5, 0.6) is 5.75 Å². The Morgan fingerprint density at radius 2 is 1.46 bits per heavy atom. The molecule has 0 aliphatic carbocycles. The molecule has 0 aliphatic heterocycles. The van der Waals surface area contributed by atoms with Crippen molar-refractivity contribution in [2.45, 2.75) is 12.8 Å². The minimum Gasteiger partial charge on any atom is -0.506 e. The summed E-state index contributed by atoms with van der Waals surface area (Å²) in [6.45, 7) is 2.03. The summed E-state index contributed by atoms with van der Waals surface area (Å²) in [5.74, 6) is -1.31. The maximum Gasteiger partial charge on any atom is 0.339 e. The molecule has 3 aromatic rings. The van der Waals surface area contributed by atoms with E-state index in [0.717, 1.165) is 16.7 Å². The van der Waals surface area contributed by atoms with Gasteiger partial charge in [-0.05, 0) is 28.8 Å². The second-order valence-corrected chi connectivity index (χ2v) is 5.77. The van der Waals surface area contributed by atoms with Gasteiger partial charge in [0, 0.05) is 11.5 Å². The van der Waals surface area contributed by atoms with Crippen molar-refractivity contribution in [3.63, 3.8) is 0 Å². The third kappa shape index (κ3) is 3.01. The molecule has 120 valence electrons. The summed E-state index contributed by atoms with van der Waals surface area (Å²) in [6, 6.07) is 22.7. The van der Waals surface area contributed by atoms with Crippen LogP contribution in [-0.2, 0) is 0 Å². The molecule has 3 heteroatoms. The highest BCUT2D eigenvalue weighted by atomic mass is 16.4. The van der Waals surface area contributed by atoms with Crippen molar-refractivity contribution in [3.8, 4) is 16.9 Å². The van der Waals surface area contributed by atoms with E-state index in [0.29, 0.717) is 5.56 Å². The molecular formula is C21H18O3. The quantitative estimate of drug-likeness (QED) is 0.718. The molecule has 1 atom stereocenters. The lowest BCUT2D eigenvalue weighted by molar-refractivity contribution is 0.0693. The SMILES string of the molecule is CC(c1ccccc1)c1cc(C(=O)O)c(O)c(-c2ccccc2)c1. The molecule has 2 N–H and O–H groups in total. The Morgan fingerprint density at radius 3 is 2.04 bits per heavy atom. The van der Waals surface area contributed by atoms with Crippen LogP contribution in [0.3, 0.4) is 0 Å². The van der Waals surface area contributed by atoms with Crippen molar-refractivity contribution >= 4 is 5.97 Å². The standard InChI is InChI=1S/C21H18O3/c1-14(15-8-4-2-5-9-15)17-12-18(16-10-6-3-7-11-16)20(22)19(13-17)21(23)24/h2-14,22H,1H3,(H,23,24). The van der Waals surface area contributed by atoms with Gasteiger partial charge in [0.25, 0.3) is 0 Å². The van der Waals surface area contributed by atoms with Crippen LogP contribution >= 0.6 is 0 Å². The van der Waals surface area contributed by atoms with Gasteiger partial charge in [-0.2, -0.15) is 0 Å². The minimum absolute atomic E-state index is 0.0207. The zero-order valence-corrected chi connectivity index (χ0v) is 13.3. The monoisotopic (exact) mass is 318 g/mol. The highest BCUT2D eigenvalue weighted by molar-refractivity contribution is 5.94. The second-order valence-electron chi connectivity index (χ2n) is 5.77. The van der Waals surface area contributed by atoms with E-state index < -0.39 is 5.97 Å². The molecule has 0 saturated heterocycles. The molecule has 0 spiro atoms. The summed E-state index contributed by atoms with van der Waals surface area (Å²) in [5.41, 5.74) is 3.20. The highest BCUT2D eigenvalue weighted by Gasteiger charge is 2.19. The first-order valence-corrected chi connectivity index (χ1v) is 7.78. The molecule has 0 radical (unpaired) electrons. The van der Waals surface area contributed by atoms with E-state index in [1.54, 1.807) is 6.07 Å². The number of carboxylic acid groups (broad SMARTS) is 1. The first kappa shape index (κ1) is 15.8. The van der Waals surface area contributed by atoms with Crippen LogP contribution in [0.15, 0.2) is 72.8 Å². The third-order valence-electron chi connectivity index (χ3n) is 4.25. The van der Waals surface area contributed by atoms with Crippen LogP contribution in [-0.4, -0.2) is 16.2 Å². The molecule has 0 aliphatic rings. The number of rotatable bonds is 4. The van der Waals surface area contributed by atoms with Gasteiger partial charge in [-0.15, -0.1) is 0 Å². The lowest BCUT2D eigenvalue weighted by atomic mass is 9.88. The summed E-state index contributed by atoms with van der Waals surface area (Å²) >= 11 is 0. The lowest BCUT2D eigenvalue weighted by Crippen LogP contribution is -2.03. The Labute approximate surface area is 140 Å². The Bertz CT molecular complexity index is 855. The molecule has 0 amide bonds. The van der Waals surface area contributed by atoms with Gasteiger partial charge in [0.05, 0.1) is 0 Å². The molecule has 3 nitrogen and oxygen atoms in total. The second kappa shape index (κ2) is 6.59. The fraction of sp³-hybridized carbons (Fsp3) is 0.0952. The van der Waals surface area contributed by atoms with E-state index in [1.165, 1.54) is 0 Å². The van der Waals surface area contributed by atoms with Gasteiger partial charge < -0.3 is 10.2 Å². The summed E-state index contributed by atoms with van der Waals surface area (Å²) in [6.07, 6.45) is 0. The first-order valence-electron chi connectivity index (χ1n) is 7.78. The fourth-order valence-electron chi connectivity index (χ4n) is 2.84. The average molecular weight is 318 g/mol. The Morgan fingerprint density at radius 1 is 0.875 bits per heavy atom. The average Bonchev–Trinajstić information content (AvgIpc) is 2.62. The summed E-state index contributed by atoms with van der Waals surface area (Å²) in [4.78, 5) is 11.6. The van der Waals surface area contributed by atoms with Gasteiger partial charge in [-0.3, -0.25) is 0 Å². The lowest BCUT2D eigenvalue weighted by Gasteiger charge is -2.17. The number of benzene rings is 3. The van der Waals surface area contributed by atoms with Gasteiger partial charge in [0.1, 0.15) is 11.3 Å². The number of aromatic carboxylic acids is 1. The molecular weight excluding hydrogens is 300 g/mol. The first-order chi connectivity index (χ1) is 11.6. The molecule has 1 unspecified atom stereocenters. The Kier molecular flexibility index (Phi) is 4.34. The van der Waals surface area contributed by atoms with Crippen molar-refractivity contribution in [2.24, 2.45) is 0 Å². The number of hydrogen-bond donors (Lipinski definition) is 2. The van der Waals surface area contributed by atoms with E-state index in [-0.39, 0.29) is 17.2 Å². The maximum absolute atomic E-state index is 11.6. The fourth-order valence-corrected chi connectivity index (χ4v) is 2.84. The minimum atomic E-state index is -1.13. The molecule has 0 fully saturated rings. The van der Waals surface area contributed by atoms with E-state index in [9.17, 15) is 15.0 Å². The van der Waals surface area contributed by atoms with Gasteiger partial charge in [-0.1, -0.05) is 67.6 Å². The van der Waals surface area contributed by atoms with Crippen LogP contribution in [0, 0.1) is 0 Å². The molecule has 3 aromatic carbocycles. The van der Waals surface area contributed by atoms with Gasteiger partial charge >= 0.3 is 5.97 Å². The van der Waals surface area contributed by atoms with Gasteiger partial charge in [0.15, 0.2) is 0 Å². The number of aromatic hydroxyl groups is 1. The normalized spacial score (nSPS) is 11.9. The maximum atomic E-state index is 11.6. The molecule has 0 aromatic heterocycles. The van der Waals surface area contributed by atoms with Crippen LogP contribution in [0.4, 0.5) is 0 Å². The van der Waals surface area contributed by atoms with E-state index in [4.69, 9.17) is 0 Å². The van der Waals surface area contributed by atoms with Crippen LogP contribution < -0.4 is 0 Å². The third-order valence-corrected chi connectivity index (χ3v) is 4.25. The predicted octanol–water partition coefficient (Wildman–Crippen LogP) is 4.91. The molecule has 3 rings (SSSR count). The largest absolute Gasteiger partial charge is 0.506 e. The van der Waals surface area contributed by atoms with Crippen molar-refractivity contribution in [1.82, 2.24) is 0 Å². The highest BCUT2D eigenvalue weighted by Crippen LogP contribution is 2.37. The van der Waals surface area contributed by atoms with Crippen LogP contribution in [0.2, 0.25) is 0 Å². The smallest absolute Gasteiger partial charge is 0.339 e. The molecule has 0 saturated carbocycles. The van der Waals surface area contributed by atoms with Crippen LogP contribution in [0.25, 0.3) is 11.1 Å². The summed E-state index contributed by atoms with van der Waals surface area (Å²) in [5, 5.41) is 19.9. The van der Waals surface area contributed by atoms with Crippen molar-refractivity contribution < 1.29 is 15.0 Å². The van der Waals surface area contributed by atoms with E-state index in [2.05, 4.69) is 0 Å².